The highest BCUT2D eigenvalue weighted by Gasteiger charge is 2.41. The summed E-state index contributed by atoms with van der Waals surface area (Å²) in [5, 5.41) is 3.20. The summed E-state index contributed by atoms with van der Waals surface area (Å²) in [7, 11) is 0. The van der Waals surface area contributed by atoms with Crippen molar-refractivity contribution in [3.63, 3.8) is 0 Å². The van der Waals surface area contributed by atoms with Gasteiger partial charge in [0.05, 0.1) is 0 Å². The van der Waals surface area contributed by atoms with Gasteiger partial charge in [-0.3, -0.25) is 4.79 Å². The summed E-state index contributed by atoms with van der Waals surface area (Å²) in [5.41, 5.74) is -0.0283. The van der Waals surface area contributed by atoms with E-state index < -0.39 is 0 Å². The van der Waals surface area contributed by atoms with Crippen molar-refractivity contribution in [3.8, 4) is 0 Å². The summed E-state index contributed by atoms with van der Waals surface area (Å²) in [6.07, 6.45) is 8.00. The molecule has 1 aromatic heterocycles. The molecule has 0 aliphatic heterocycles. The second-order valence-corrected chi connectivity index (χ2v) is 6.10. The predicted molar refractivity (Wildman–Crippen MR) is 72.9 cm³/mol. The van der Waals surface area contributed by atoms with Crippen LogP contribution in [0.3, 0.4) is 0 Å². The standard InChI is InChI=1S/C12H19N3OS/c1-9(2)15-7-6-13-10(11(15)16)14-8-12(17-3)4-5-12/h6-7,9H,4-5,8H2,1-3H3,(H,13,14). The fourth-order valence-electron chi connectivity index (χ4n) is 1.79. The van der Waals surface area contributed by atoms with Crippen LogP contribution in [0.5, 0.6) is 0 Å². The number of rotatable bonds is 5. The second-order valence-electron chi connectivity index (χ2n) is 4.82. The smallest absolute Gasteiger partial charge is 0.293 e. The van der Waals surface area contributed by atoms with Crippen molar-refractivity contribution in [1.29, 1.82) is 0 Å². The topological polar surface area (TPSA) is 46.9 Å². The Bertz CT molecular complexity index is 451. The van der Waals surface area contributed by atoms with Crippen molar-refractivity contribution < 1.29 is 0 Å². The Hall–Kier alpha value is -0.970. The van der Waals surface area contributed by atoms with Gasteiger partial charge in [-0.1, -0.05) is 0 Å². The highest BCUT2D eigenvalue weighted by Crippen LogP contribution is 2.46. The SMILES string of the molecule is CSC1(CNc2nccn(C(C)C)c2=O)CC1. The van der Waals surface area contributed by atoms with Crippen LogP contribution in [0.4, 0.5) is 5.82 Å². The Morgan fingerprint density at radius 1 is 1.59 bits per heavy atom. The van der Waals surface area contributed by atoms with Crippen LogP contribution < -0.4 is 10.9 Å². The third kappa shape index (κ3) is 2.65. The van der Waals surface area contributed by atoms with Crippen LogP contribution >= 0.6 is 11.8 Å². The van der Waals surface area contributed by atoms with Crippen LogP contribution in [0.2, 0.25) is 0 Å². The average molecular weight is 253 g/mol. The van der Waals surface area contributed by atoms with Crippen LogP contribution in [-0.4, -0.2) is 27.1 Å². The molecule has 0 amide bonds. The normalized spacial score (nSPS) is 17.2. The number of anilines is 1. The van der Waals surface area contributed by atoms with Gasteiger partial charge in [0.2, 0.25) is 0 Å². The van der Waals surface area contributed by atoms with E-state index in [1.165, 1.54) is 12.8 Å². The molecule has 1 aliphatic rings. The van der Waals surface area contributed by atoms with Crippen molar-refractivity contribution in [2.45, 2.75) is 37.5 Å². The summed E-state index contributed by atoms with van der Waals surface area (Å²) >= 11 is 1.87. The zero-order chi connectivity index (χ0) is 12.5. The molecule has 5 heteroatoms. The minimum absolute atomic E-state index is 0.0283. The van der Waals surface area contributed by atoms with Gasteiger partial charge in [0.1, 0.15) is 0 Å². The molecule has 1 heterocycles. The maximum Gasteiger partial charge on any atom is 0.293 e. The molecule has 2 rings (SSSR count). The van der Waals surface area contributed by atoms with E-state index in [1.807, 2.05) is 25.6 Å². The molecular weight excluding hydrogens is 234 g/mol. The third-order valence-electron chi connectivity index (χ3n) is 3.24. The quantitative estimate of drug-likeness (QED) is 0.873. The van der Waals surface area contributed by atoms with Crippen LogP contribution in [0.1, 0.15) is 32.7 Å². The third-order valence-corrected chi connectivity index (χ3v) is 4.66. The summed E-state index contributed by atoms with van der Waals surface area (Å²) in [5.74, 6) is 0.474. The molecule has 94 valence electrons. The number of aromatic nitrogens is 2. The zero-order valence-corrected chi connectivity index (χ0v) is 11.4. The van der Waals surface area contributed by atoms with Gasteiger partial charge in [0, 0.05) is 29.7 Å². The summed E-state index contributed by atoms with van der Waals surface area (Å²) in [4.78, 5) is 16.2. The minimum Gasteiger partial charge on any atom is -0.364 e. The molecule has 1 aliphatic carbocycles. The number of hydrogen-bond acceptors (Lipinski definition) is 4. The molecule has 0 spiro atoms. The van der Waals surface area contributed by atoms with Gasteiger partial charge in [-0.2, -0.15) is 11.8 Å². The van der Waals surface area contributed by atoms with Gasteiger partial charge >= 0.3 is 0 Å². The van der Waals surface area contributed by atoms with Gasteiger partial charge in [-0.05, 0) is 32.9 Å². The Morgan fingerprint density at radius 2 is 2.29 bits per heavy atom. The zero-order valence-electron chi connectivity index (χ0n) is 10.6. The van der Waals surface area contributed by atoms with E-state index >= 15 is 0 Å². The van der Waals surface area contributed by atoms with Gasteiger partial charge in [0.25, 0.3) is 5.56 Å². The van der Waals surface area contributed by atoms with Crippen molar-refractivity contribution >= 4 is 17.6 Å². The maximum atomic E-state index is 12.1. The Labute approximate surface area is 106 Å². The van der Waals surface area contributed by atoms with E-state index in [9.17, 15) is 4.79 Å². The van der Waals surface area contributed by atoms with E-state index in [2.05, 4.69) is 16.6 Å². The van der Waals surface area contributed by atoms with Gasteiger partial charge < -0.3 is 9.88 Å². The van der Waals surface area contributed by atoms with E-state index in [-0.39, 0.29) is 11.6 Å². The Kier molecular flexibility index (Phi) is 3.47. The Balaban J connectivity index is 2.11. The summed E-state index contributed by atoms with van der Waals surface area (Å²) in [6, 6.07) is 0.168. The van der Waals surface area contributed by atoms with Crippen molar-refractivity contribution in [2.24, 2.45) is 0 Å². The molecule has 0 bridgehead atoms. The fraction of sp³-hybridized carbons (Fsp3) is 0.667. The van der Waals surface area contributed by atoms with Crippen LogP contribution in [-0.2, 0) is 0 Å². The largest absolute Gasteiger partial charge is 0.364 e. The second kappa shape index (κ2) is 4.72. The van der Waals surface area contributed by atoms with Gasteiger partial charge in [-0.15, -0.1) is 0 Å². The van der Waals surface area contributed by atoms with Crippen molar-refractivity contribution in [1.82, 2.24) is 9.55 Å². The van der Waals surface area contributed by atoms with E-state index in [4.69, 9.17) is 0 Å². The number of nitrogens with zero attached hydrogens (tertiary/aromatic N) is 2. The molecule has 0 aromatic carbocycles. The first-order valence-corrected chi connectivity index (χ1v) is 7.17. The van der Waals surface area contributed by atoms with Crippen LogP contribution in [0, 0.1) is 0 Å². The minimum atomic E-state index is -0.0283. The van der Waals surface area contributed by atoms with Gasteiger partial charge in [-0.25, -0.2) is 4.98 Å². The van der Waals surface area contributed by atoms with Crippen LogP contribution in [0.15, 0.2) is 17.2 Å². The highest BCUT2D eigenvalue weighted by molar-refractivity contribution is 8.00. The lowest BCUT2D eigenvalue weighted by atomic mass is 10.3. The van der Waals surface area contributed by atoms with Crippen LogP contribution in [0.25, 0.3) is 0 Å². The first-order chi connectivity index (χ1) is 8.08. The van der Waals surface area contributed by atoms with Crippen molar-refractivity contribution in [2.75, 3.05) is 18.1 Å². The molecule has 1 N–H and O–H groups in total. The Morgan fingerprint density at radius 3 is 2.82 bits per heavy atom. The number of nitrogens with one attached hydrogen (secondary N) is 1. The lowest BCUT2D eigenvalue weighted by Crippen LogP contribution is -2.28. The molecule has 1 saturated carbocycles. The fourth-order valence-corrected chi connectivity index (χ4v) is 2.52. The first-order valence-electron chi connectivity index (χ1n) is 5.94. The number of hydrogen-bond donors (Lipinski definition) is 1. The summed E-state index contributed by atoms with van der Waals surface area (Å²) in [6.45, 7) is 4.82. The number of thioether (sulfide) groups is 1. The lowest BCUT2D eigenvalue weighted by Gasteiger charge is -2.15. The predicted octanol–water partition coefficient (Wildman–Crippen LogP) is 2.13. The van der Waals surface area contributed by atoms with Crippen molar-refractivity contribution in [3.05, 3.63) is 22.7 Å². The maximum absolute atomic E-state index is 12.1. The van der Waals surface area contributed by atoms with E-state index in [0.29, 0.717) is 10.6 Å². The monoisotopic (exact) mass is 253 g/mol. The average Bonchev–Trinajstić information content (AvgIpc) is 3.08. The lowest BCUT2D eigenvalue weighted by molar-refractivity contribution is 0.575. The molecule has 0 saturated heterocycles. The van der Waals surface area contributed by atoms with Gasteiger partial charge in [0.15, 0.2) is 5.82 Å². The molecule has 1 fully saturated rings. The first kappa shape index (κ1) is 12.5. The van der Waals surface area contributed by atoms with E-state index in [1.54, 1.807) is 17.0 Å². The molecule has 0 unspecified atom stereocenters. The molecule has 17 heavy (non-hydrogen) atoms. The molecule has 4 nitrogen and oxygen atoms in total. The summed E-state index contributed by atoms with van der Waals surface area (Å²) < 4.78 is 2.04. The molecule has 0 atom stereocenters. The molecule has 0 radical (unpaired) electrons. The molecular formula is C12H19N3OS. The molecule has 1 aromatic rings. The van der Waals surface area contributed by atoms with E-state index in [0.717, 1.165) is 6.54 Å². The highest BCUT2D eigenvalue weighted by atomic mass is 32.2.